The molecule has 4 nitrogen and oxygen atoms in total. The molecule has 4 heteroatoms. The van der Waals surface area contributed by atoms with Crippen LogP contribution >= 0.6 is 0 Å². The van der Waals surface area contributed by atoms with Gasteiger partial charge in [0.05, 0.1) is 12.7 Å². The van der Waals surface area contributed by atoms with Crippen molar-refractivity contribution in [1.82, 2.24) is 0 Å². The van der Waals surface area contributed by atoms with Crippen molar-refractivity contribution in [2.75, 3.05) is 13.4 Å². The van der Waals surface area contributed by atoms with Crippen LogP contribution in [0.15, 0.2) is 0 Å². The van der Waals surface area contributed by atoms with Crippen LogP contribution in [0.1, 0.15) is 27.2 Å². The molecule has 72 valence electrons. The predicted octanol–water partition coefficient (Wildman–Crippen LogP) is 1.93. The Kier molecular flexibility index (Phi) is 6.47. The molecule has 0 saturated carbocycles. The van der Waals surface area contributed by atoms with Crippen LogP contribution in [-0.4, -0.2) is 25.7 Å². The summed E-state index contributed by atoms with van der Waals surface area (Å²) in [6, 6.07) is 0. The summed E-state index contributed by atoms with van der Waals surface area (Å²) < 4.78 is 14.2. The molecule has 0 heterocycles. The van der Waals surface area contributed by atoms with Crippen LogP contribution in [-0.2, 0) is 14.2 Å². The number of ether oxygens (including phenoxy) is 3. The molecule has 0 aliphatic carbocycles. The van der Waals surface area contributed by atoms with E-state index in [1.54, 1.807) is 6.92 Å². The largest absolute Gasteiger partial charge is 0.510 e. The van der Waals surface area contributed by atoms with Gasteiger partial charge in [0.25, 0.3) is 0 Å². The molecule has 0 spiro atoms. The highest BCUT2D eigenvalue weighted by Crippen LogP contribution is 1.96. The molecule has 0 N–H and O–H groups in total. The van der Waals surface area contributed by atoms with Crippen molar-refractivity contribution in [1.29, 1.82) is 0 Å². The van der Waals surface area contributed by atoms with Gasteiger partial charge in [-0.3, -0.25) is 0 Å². The molecule has 0 amide bonds. The Morgan fingerprint density at radius 3 is 2.50 bits per heavy atom. The second kappa shape index (κ2) is 6.91. The maximum Gasteiger partial charge on any atom is 0.510 e. The molecule has 12 heavy (non-hydrogen) atoms. The molecule has 1 unspecified atom stereocenters. The summed E-state index contributed by atoms with van der Waals surface area (Å²) in [6.07, 6.45) is 0.326. The standard InChI is InChI=1S/C8H16O4/c1-4-7(3)11-6-12-8(9)10-5-2/h7H,4-6H2,1-3H3. The highest BCUT2D eigenvalue weighted by atomic mass is 16.8. The van der Waals surface area contributed by atoms with E-state index in [1.165, 1.54) is 0 Å². The highest BCUT2D eigenvalue weighted by Gasteiger charge is 2.03. The molecule has 0 aromatic rings. The molecular formula is C8H16O4. The number of hydrogen-bond donors (Lipinski definition) is 0. The molecule has 1 atom stereocenters. The van der Waals surface area contributed by atoms with Crippen molar-refractivity contribution in [3.8, 4) is 0 Å². The lowest BCUT2D eigenvalue weighted by Gasteiger charge is -2.09. The topological polar surface area (TPSA) is 44.8 Å². The predicted molar refractivity (Wildman–Crippen MR) is 43.8 cm³/mol. The fourth-order valence-corrected chi connectivity index (χ4v) is 0.476. The summed E-state index contributed by atoms with van der Waals surface area (Å²) in [6.45, 7) is 5.91. The van der Waals surface area contributed by atoms with Gasteiger partial charge in [-0.25, -0.2) is 4.79 Å². The van der Waals surface area contributed by atoms with Crippen molar-refractivity contribution in [2.24, 2.45) is 0 Å². The molecule has 0 aromatic carbocycles. The molecule has 0 fully saturated rings. The average molecular weight is 176 g/mol. The monoisotopic (exact) mass is 176 g/mol. The van der Waals surface area contributed by atoms with Gasteiger partial charge < -0.3 is 14.2 Å². The van der Waals surface area contributed by atoms with Crippen LogP contribution in [0.3, 0.4) is 0 Å². The van der Waals surface area contributed by atoms with Crippen LogP contribution in [0, 0.1) is 0 Å². The van der Waals surface area contributed by atoms with Gasteiger partial charge in [-0.2, -0.15) is 0 Å². The van der Waals surface area contributed by atoms with Crippen molar-refractivity contribution < 1.29 is 19.0 Å². The molecular weight excluding hydrogens is 160 g/mol. The van der Waals surface area contributed by atoms with E-state index < -0.39 is 6.16 Å². The second-order valence-corrected chi connectivity index (χ2v) is 2.33. The maximum atomic E-state index is 10.6. The van der Waals surface area contributed by atoms with E-state index in [0.717, 1.165) is 6.42 Å². The molecule has 0 aliphatic heterocycles. The normalized spacial score (nSPS) is 12.2. The highest BCUT2D eigenvalue weighted by molar-refractivity contribution is 5.59. The third-order valence-corrected chi connectivity index (χ3v) is 1.37. The lowest BCUT2D eigenvalue weighted by Crippen LogP contribution is -2.14. The van der Waals surface area contributed by atoms with Crippen molar-refractivity contribution >= 4 is 6.16 Å². The summed E-state index contributed by atoms with van der Waals surface area (Å²) in [4.78, 5) is 10.6. The summed E-state index contributed by atoms with van der Waals surface area (Å²) in [5.41, 5.74) is 0. The molecule has 0 radical (unpaired) electrons. The van der Waals surface area contributed by atoms with Gasteiger partial charge in [0.15, 0.2) is 6.79 Å². The molecule has 0 aromatic heterocycles. The van der Waals surface area contributed by atoms with Gasteiger partial charge in [0, 0.05) is 0 Å². The van der Waals surface area contributed by atoms with Gasteiger partial charge >= 0.3 is 6.16 Å². The zero-order chi connectivity index (χ0) is 9.40. The molecule has 0 saturated heterocycles. The molecule has 0 aliphatic rings. The van der Waals surface area contributed by atoms with Gasteiger partial charge in [-0.15, -0.1) is 0 Å². The summed E-state index contributed by atoms with van der Waals surface area (Å²) in [5.74, 6) is 0. The minimum atomic E-state index is -0.680. The van der Waals surface area contributed by atoms with E-state index in [4.69, 9.17) is 4.74 Å². The van der Waals surface area contributed by atoms with Crippen molar-refractivity contribution in [3.63, 3.8) is 0 Å². The van der Waals surface area contributed by atoms with Crippen LogP contribution in [0.4, 0.5) is 4.79 Å². The van der Waals surface area contributed by atoms with E-state index in [-0.39, 0.29) is 12.9 Å². The lowest BCUT2D eigenvalue weighted by molar-refractivity contribution is -0.0711. The van der Waals surface area contributed by atoms with Crippen LogP contribution in [0.25, 0.3) is 0 Å². The van der Waals surface area contributed by atoms with Gasteiger partial charge in [-0.1, -0.05) is 6.92 Å². The summed E-state index contributed by atoms with van der Waals surface area (Å²) >= 11 is 0. The Hall–Kier alpha value is -0.770. The first-order valence-electron chi connectivity index (χ1n) is 4.11. The average Bonchev–Trinajstić information content (AvgIpc) is 2.04. The van der Waals surface area contributed by atoms with Crippen LogP contribution in [0.5, 0.6) is 0 Å². The first-order chi connectivity index (χ1) is 5.70. The Balaban J connectivity index is 3.24. The number of rotatable bonds is 5. The van der Waals surface area contributed by atoms with Gasteiger partial charge in [-0.05, 0) is 20.3 Å². The fourth-order valence-electron chi connectivity index (χ4n) is 0.476. The second-order valence-electron chi connectivity index (χ2n) is 2.33. The zero-order valence-electron chi connectivity index (χ0n) is 7.83. The lowest BCUT2D eigenvalue weighted by atomic mass is 10.3. The fraction of sp³-hybridized carbons (Fsp3) is 0.875. The first-order valence-corrected chi connectivity index (χ1v) is 4.11. The van der Waals surface area contributed by atoms with Gasteiger partial charge in [0.1, 0.15) is 0 Å². The Bertz CT molecular complexity index is 124. The SMILES string of the molecule is CCOC(=O)OCOC(C)CC. The van der Waals surface area contributed by atoms with E-state index in [2.05, 4.69) is 9.47 Å². The van der Waals surface area contributed by atoms with E-state index in [0.29, 0.717) is 6.61 Å². The van der Waals surface area contributed by atoms with Gasteiger partial charge in [0.2, 0.25) is 0 Å². The van der Waals surface area contributed by atoms with Crippen molar-refractivity contribution in [2.45, 2.75) is 33.3 Å². The van der Waals surface area contributed by atoms with Crippen LogP contribution in [0.2, 0.25) is 0 Å². The van der Waals surface area contributed by atoms with Crippen LogP contribution < -0.4 is 0 Å². The third-order valence-electron chi connectivity index (χ3n) is 1.37. The Labute approximate surface area is 72.8 Å². The number of carbonyl (C=O) groups is 1. The Morgan fingerprint density at radius 1 is 1.33 bits per heavy atom. The quantitative estimate of drug-likeness (QED) is 0.474. The van der Waals surface area contributed by atoms with E-state index in [9.17, 15) is 4.79 Å². The summed E-state index contributed by atoms with van der Waals surface area (Å²) in [5, 5.41) is 0. The smallest absolute Gasteiger partial charge is 0.435 e. The first kappa shape index (κ1) is 11.2. The van der Waals surface area contributed by atoms with E-state index >= 15 is 0 Å². The minimum absolute atomic E-state index is 0.0339. The zero-order valence-corrected chi connectivity index (χ0v) is 7.83. The molecule has 0 bridgehead atoms. The van der Waals surface area contributed by atoms with Crippen molar-refractivity contribution in [3.05, 3.63) is 0 Å². The van der Waals surface area contributed by atoms with E-state index in [1.807, 2.05) is 13.8 Å². The number of carbonyl (C=O) groups excluding carboxylic acids is 1. The number of hydrogen-bond acceptors (Lipinski definition) is 4. The minimum Gasteiger partial charge on any atom is -0.435 e. The summed E-state index contributed by atoms with van der Waals surface area (Å²) in [7, 11) is 0. The molecule has 0 rings (SSSR count). The third kappa shape index (κ3) is 5.97. The maximum absolute atomic E-state index is 10.6. The Morgan fingerprint density at radius 2 is 2.00 bits per heavy atom.